The van der Waals surface area contributed by atoms with Crippen LogP contribution in [0, 0.1) is 5.92 Å². The summed E-state index contributed by atoms with van der Waals surface area (Å²) < 4.78 is 9.82. The van der Waals surface area contributed by atoms with Crippen LogP contribution in [0.5, 0.6) is 0 Å². The zero-order chi connectivity index (χ0) is 12.4. The van der Waals surface area contributed by atoms with Crippen molar-refractivity contribution in [1.82, 2.24) is 10.1 Å². The maximum absolute atomic E-state index is 11.3. The Hall–Kier alpha value is -1.59. The van der Waals surface area contributed by atoms with Crippen LogP contribution in [-0.4, -0.2) is 36.8 Å². The third kappa shape index (κ3) is 2.75. The fourth-order valence-corrected chi connectivity index (χ4v) is 1.65. The normalized spacial score (nSPS) is 16.6. The quantitative estimate of drug-likeness (QED) is 0.719. The van der Waals surface area contributed by atoms with Gasteiger partial charge in [-0.05, 0) is 12.8 Å². The molecule has 1 fully saturated rings. The van der Waals surface area contributed by atoms with Crippen molar-refractivity contribution < 1.29 is 14.1 Å². The predicted octanol–water partition coefficient (Wildman–Crippen LogP) is 1.19. The number of ether oxygens (including phenoxy) is 1. The summed E-state index contributed by atoms with van der Waals surface area (Å²) >= 11 is 0. The van der Waals surface area contributed by atoms with Crippen LogP contribution in [0.25, 0.3) is 0 Å². The van der Waals surface area contributed by atoms with Crippen LogP contribution in [-0.2, 0) is 9.53 Å². The van der Waals surface area contributed by atoms with E-state index in [-0.39, 0.29) is 11.9 Å². The van der Waals surface area contributed by atoms with Gasteiger partial charge in [0, 0.05) is 19.5 Å². The molecule has 0 amide bonds. The molecule has 6 nitrogen and oxygen atoms in total. The number of carbonyl (C=O) groups is 1. The van der Waals surface area contributed by atoms with Gasteiger partial charge < -0.3 is 14.2 Å². The van der Waals surface area contributed by atoms with Crippen LogP contribution >= 0.6 is 0 Å². The second-order valence-electron chi connectivity index (χ2n) is 4.51. The number of hydrogen-bond donors (Lipinski definition) is 0. The van der Waals surface area contributed by atoms with Crippen LogP contribution in [0.3, 0.4) is 0 Å². The number of anilines is 1. The van der Waals surface area contributed by atoms with Gasteiger partial charge in [0.15, 0.2) is 5.82 Å². The molecule has 94 valence electrons. The second kappa shape index (κ2) is 4.73. The highest BCUT2D eigenvalue weighted by molar-refractivity contribution is 5.72. The molecule has 0 radical (unpaired) electrons. The first-order valence-electron chi connectivity index (χ1n) is 5.74. The number of methoxy groups -OCH3 is 1. The molecule has 0 aliphatic heterocycles. The molecule has 6 heteroatoms. The van der Waals surface area contributed by atoms with Gasteiger partial charge in [-0.15, -0.1) is 0 Å². The highest BCUT2D eigenvalue weighted by Crippen LogP contribution is 2.38. The van der Waals surface area contributed by atoms with E-state index >= 15 is 0 Å². The Balaban J connectivity index is 1.93. The molecule has 1 heterocycles. The van der Waals surface area contributed by atoms with Crippen LogP contribution in [0.4, 0.5) is 6.01 Å². The number of aromatic nitrogens is 2. The largest absolute Gasteiger partial charge is 0.469 e. The van der Waals surface area contributed by atoms with E-state index in [0.717, 1.165) is 18.7 Å². The minimum Gasteiger partial charge on any atom is -0.469 e. The Kier molecular flexibility index (Phi) is 3.31. The summed E-state index contributed by atoms with van der Waals surface area (Å²) in [5, 5.41) is 3.93. The van der Waals surface area contributed by atoms with Crippen molar-refractivity contribution in [2.75, 3.05) is 25.6 Å². The van der Waals surface area contributed by atoms with E-state index in [4.69, 9.17) is 4.52 Å². The molecule has 1 aromatic heterocycles. The zero-order valence-electron chi connectivity index (χ0n) is 10.3. The molecule has 1 aliphatic rings. The Morgan fingerprint density at radius 3 is 2.94 bits per heavy atom. The molecule has 1 aliphatic carbocycles. The first-order chi connectivity index (χ1) is 8.11. The average molecular weight is 239 g/mol. The Morgan fingerprint density at radius 2 is 2.35 bits per heavy atom. The highest BCUT2D eigenvalue weighted by Gasteiger charge is 2.29. The van der Waals surface area contributed by atoms with Crippen LogP contribution in [0.1, 0.15) is 31.5 Å². The molecule has 0 unspecified atom stereocenters. The van der Waals surface area contributed by atoms with Crippen LogP contribution in [0.2, 0.25) is 0 Å². The van der Waals surface area contributed by atoms with Crippen molar-refractivity contribution >= 4 is 12.0 Å². The molecule has 17 heavy (non-hydrogen) atoms. The number of nitrogens with zero attached hydrogens (tertiary/aromatic N) is 3. The average Bonchev–Trinajstić information content (AvgIpc) is 3.05. The fraction of sp³-hybridized carbons (Fsp3) is 0.727. The van der Waals surface area contributed by atoms with Gasteiger partial charge in [0.05, 0.1) is 13.0 Å². The van der Waals surface area contributed by atoms with E-state index in [1.165, 1.54) is 7.11 Å². The summed E-state index contributed by atoms with van der Waals surface area (Å²) in [6.07, 6.45) is 2.28. The summed E-state index contributed by atoms with van der Waals surface area (Å²) in [7, 11) is 3.21. The van der Waals surface area contributed by atoms with Gasteiger partial charge in [0.2, 0.25) is 0 Å². The lowest BCUT2D eigenvalue weighted by molar-refractivity contribution is -0.144. The van der Waals surface area contributed by atoms with Crippen molar-refractivity contribution in [3.8, 4) is 0 Å². The predicted molar refractivity (Wildman–Crippen MR) is 60.7 cm³/mol. The highest BCUT2D eigenvalue weighted by atomic mass is 16.5. The molecule has 0 spiro atoms. The van der Waals surface area contributed by atoms with Crippen LogP contribution in [0.15, 0.2) is 4.52 Å². The van der Waals surface area contributed by atoms with Gasteiger partial charge in [-0.3, -0.25) is 4.79 Å². The first kappa shape index (κ1) is 11.9. The summed E-state index contributed by atoms with van der Waals surface area (Å²) in [4.78, 5) is 17.4. The van der Waals surface area contributed by atoms with Crippen molar-refractivity contribution in [2.45, 2.75) is 25.7 Å². The molecule has 1 aromatic rings. The molecule has 2 rings (SSSR count). The Labute approximate surface area is 99.9 Å². The topological polar surface area (TPSA) is 68.5 Å². The maximum atomic E-state index is 11.3. The minimum atomic E-state index is -0.237. The smallest absolute Gasteiger partial charge is 0.323 e. The number of esters is 1. The van der Waals surface area contributed by atoms with Crippen molar-refractivity contribution in [1.29, 1.82) is 0 Å². The summed E-state index contributed by atoms with van der Waals surface area (Å²) in [5.41, 5.74) is 0. The summed E-state index contributed by atoms with van der Waals surface area (Å²) in [6, 6.07) is 0.461. The molecule has 1 saturated carbocycles. The third-order valence-electron chi connectivity index (χ3n) is 2.85. The van der Waals surface area contributed by atoms with Crippen molar-refractivity contribution in [3.05, 3.63) is 5.82 Å². The molecule has 0 bridgehead atoms. The SMILES string of the molecule is COC(=O)[C@H](C)CN(C)c1nc(C2CC2)no1. The summed E-state index contributed by atoms with van der Waals surface area (Å²) in [5.74, 6) is 0.788. The number of hydrogen-bond acceptors (Lipinski definition) is 6. The molecular formula is C11H17N3O3. The van der Waals surface area contributed by atoms with Crippen molar-refractivity contribution in [3.63, 3.8) is 0 Å². The number of rotatable bonds is 5. The van der Waals surface area contributed by atoms with Gasteiger partial charge in [-0.2, -0.15) is 4.98 Å². The number of carbonyl (C=O) groups excluding carboxylic acids is 1. The molecule has 0 aromatic carbocycles. The monoisotopic (exact) mass is 239 g/mol. The van der Waals surface area contributed by atoms with Gasteiger partial charge in [0.1, 0.15) is 0 Å². The van der Waals surface area contributed by atoms with Gasteiger partial charge in [0.25, 0.3) is 0 Å². The summed E-state index contributed by atoms with van der Waals surface area (Å²) in [6.45, 7) is 2.31. The van der Waals surface area contributed by atoms with E-state index in [0.29, 0.717) is 18.5 Å². The lowest BCUT2D eigenvalue weighted by Gasteiger charge is -2.17. The molecule has 0 N–H and O–H groups in total. The molecule has 0 saturated heterocycles. The van der Waals surface area contributed by atoms with Gasteiger partial charge >= 0.3 is 12.0 Å². The maximum Gasteiger partial charge on any atom is 0.323 e. The van der Waals surface area contributed by atoms with E-state index in [2.05, 4.69) is 14.9 Å². The standard InChI is InChI=1S/C11H17N3O3/c1-7(10(15)16-3)6-14(2)11-12-9(13-17-11)8-4-5-8/h7-8H,4-6H2,1-3H3/t7-/m1/s1. The van der Waals surface area contributed by atoms with Crippen LogP contribution < -0.4 is 4.90 Å². The first-order valence-corrected chi connectivity index (χ1v) is 5.74. The fourth-order valence-electron chi connectivity index (χ4n) is 1.65. The van der Waals surface area contributed by atoms with E-state index in [1.807, 2.05) is 7.05 Å². The Morgan fingerprint density at radius 1 is 1.65 bits per heavy atom. The molecule has 1 atom stereocenters. The lowest BCUT2D eigenvalue weighted by Crippen LogP contribution is -2.29. The minimum absolute atomic E-state index is 0.221. The van der Waals surface area contributed by atoms with Gasteiger partial charge in [-0.25, -0.2) is 0 Å². The zero-order valence-corrected chi connectivity index (χ0v) is 10.3. The van der Waals surface area contributed by atoms with E-state index in [1.54, 1.807) is 11.8 Å². The molecular weight excluding hydrogens is 222 g/mol. The third-order valence-corrected chi connectivity index (χ3v) is 2.85. The lowest BCUT2D eigenvalue weighted by atomic mass is 10.2. The van der Waals surface area contributed by atoms with Crippen molar-refractivity contribution in [2.24, 2.45) is 5.92 Å². The van der Waals surface area contributed by atoms with E-state index in [9.17, 15) is 4.79 Å². The van der Waals surface area contributed by atoms with Gasteiger partial charge in [-0.1, -0.05) is 12.1 Å². The van der Waals surface area contributed by atoms with E-state index < -0.39 is 0 Å². The second-order valence-corrected chi connectivity index (χ2v) is 4.51. The Bertz CT molecular complexity index is 400.